The Morgan fingerprint density at radius 3 is 2.76 bits per heavy atom. The first-order chi connectivity index (χ1) is 8.24. The van der Waals surface area contributed by atoms with Gasteiger partial charge in [-0.3, -0.25) is 0 Å². The van der Waals surface area contributed by atoms with Crippen molar-refractivity contribution in [3.63, 3.8) is 0 Å². The Hall–Kier alpha value is -0.820. The fourth-order valence-corrected chi connectivity index (χ4v) is 3.04. The van der Waals surface area contributed by atoms with Gasteiger partial charge in [0.2, 0.25) is 0 Å². The maximum absolute atomic E-state index is 10.5. The van der Waals surface area contributed by atoms with E-state index < -0.39 is 0 Å². The summed E-state index contributed by atoms with van der Waals surface area (Å²) in [7, 11) is 0. The second kappa shape index (κ2) is 5.68. The average molecular weight is 232 g/mol. The van der Waals surface area contributed by atoms with Gasteiger partial charge in [-0.25, -0.2) is 0 Å². The third-order valence-corrected chi connectivity index (χ3v) is 4.31. The van der Waals surface area contributed by atoms with Crippen LogP contribution in [0.25, 0.3) is 0 Å². The minimum Gasteiger partial charge on any atom is -0.388 e. The first-order valence-electron chi connectivity index (χ1n) is 7.01. The summed E-state index contributed by atoms with van der Waals surface area (Å²) >= 11 is 0. The molecule has 1 aromatic rings. The fourth-order valence-electron chi connectivity index (χ4n) is 3.04. The summed E-state index contributed by atoms with van der Waals surface area (Å²) in [6, 6.07) is 8.45. The van der Waals surface area contributed by atoms with E-state index in [9.17, 15) is 5.11 Å². The van der Waals surface area contributed by atoms with E-state index in [0.717, 1.165) is 17.9 Å². The number of hydrogen-bond acceptors (Lipinski definition) is 1. The smallest absolute Gasteiger partial charge is 0.0818 e. The minimum atomic E-state index is -0.252. The van der Waals surface area contributed by atoms with Crippen LogP contribution < -0.4 is 0 Å². The van der Waals surface area contributed by atoms with E-state index >= 15 is 0 Å². The van der Waals surface area contributed by atoms with Crippen molar-refractivity contribution in [1.82, 2.24) is 0 Å². The van der Waals surface area contributed by atoms with Crippen LogP contribution >= 0.6 is 0 Å². The van der Waals surface area contributed by atoms with E-state index in [-0.39, 0.29) is 6.10 Å². The van der Waals surface area contributed by atoms with Crippen LogP contribution in [-0.4, -0.2) is 5.11 Å². The molecule has 1 N–H and O–H groups in total. The molecule has 0 aliphatic heterocycles. The molecule has 3 unspecified atom stereocenters. The number of benzene rings is 1. The lowest BCUT2D eigenvalue weighted by molar-refractivity contribution is 0.109. The summed E-state index contributed by atoms with van der Waals surface area (Å²) in [6.45, 7) is 4.42. The van der Waals surface area contributed by atoms with Crippen molar-refractivity contribution in [3.05, 3.63) is 35.4 Å². The monoisotopic (exact) mass is 232 g/mol. The molecule has 1 fully saturated rings. The third kappa shape index (κ3) is 2.90. The molecule has 0 saturated heterocycles. The zero-order chi connectivity index (χ0) is 12.3. The van der Waals surface area contributed by atoms with Gasteiger partial charge < -0.3 is 5.11 Å². The molecule has 3 atom stereocenters. The van der Waals surface area contributed by atoms with Crippen molar-refractivity contribution in [2.24, 2.45) is 11.8 Å². The van der Waals surface area contributed by atoms with E-state index in [4.69, 9.17) is 0 Å². The van der Waals surface area contributed by atoms with Gasteiger partial charge in [0.15, 0.2) is 0 Å². The van der Waals surface area contributed by atoms with Crippen molar-refractivity contribution in [3.8, 4) is 0 Å². The van der Waals surface area contributed by atoms with Crippen LogP contribution in [-0.2, 0) is 6.42 Å². The lowest BCUT2D eigenvalue weighted by Crippen LogP contribution is -2.10. The van der Waals surface area contributed by atoms with E-state index in [1.54, 1.807) is 0 Å². The highest BCUT2D eigenvalue weighted by Gasteiger charge is 2.29. The van der Waals surface area contributed by atoms with Gasteiger partial charge in [0, 0.05) is 0 Å². The van der Waals surface area contributed by atoms with E-state index in [2.05, 4.69) is 38.1 Å². The maximum Gasteiger partial charge on any atom is 0.0818 e. The molecular weight excluding hydrogens is 208 g/mol. The second-order valence-electron chi connectivity index (χ2n) is 5.39. The molecule has 0 amide bonds. The minimum absolute atomic E-state index is 0.252. The molecule has 2 rings (SSSR count). The maximum atomic E-state index is 10.5. The van der Waals surface area contributed by atoms with Gasteiger partial charge in [-0.05, 0) is 42.2 Å². The predicted octanol–water partition coefficient (Wildman–Crippen LogP) is 4.11. The van der Waals surface area contributed by atoms with Crippen molar-refractivity contribution in [1.29, 1.82) is 0 Å². The number of hydrogen-bond donors (Lipinski definition) is 1. The highest BCUT2D eigenvalue weighted by Crippen LogP contribution is 2.40. The van der Waals surface area contributed by atoms with Crippen molar-refractivity contribution in [2.45, 2.75) is 52.1 Å². The summed E-state index contributed by atoms with van der Waals surface area (Å²) < 4.78 is 0. The quantitative estimate of drug-likeness (QED) is 0.828. The van der Waals surface area contributed by atoms with Gasteiger partial charge >= 0.3 is 0 Å². The molecule has 17 heavy (non-hydrogen) atoms. The van der Waals surface area contributed by atoms with Gasteiger partial charge in [0.05, 0.1) is 6.10 Å². The first-order valence-corrected chi connectivity index (χ1v) is 7.01. The van der Waals surface area contributed by atoms with Gasteiger partial charge in [-0.15, -0.1) is 0 Å². The van der Waals surface area contributed by atoms with Crippen LogP contribution in [0.3, 0.4) is 0 Å². The summed E-state index contributed by atoms with van der Waals surface area (Å²) in [4.78, 5) is 0. The van der Waals surface area contributed by atoms with Crippen LogP contribution in [0.1, 0.15) is 56.8 Å². The summed E-state index contributed by atoms with van der Waals surface area (Å²) in [5, 5.41) is 10.5. The number of aliphatic hydroxyl groups is 1. The Balaban J connectivity index is 2.06. The first kappa shape index (κ1) is 12.6. The van der Waals surface area contributed by atoms with Crippen molar-refractivity contribution >= 4 is 0 Å². The zero-order valence-electron chi connectivity index (χ0n) is 11.0. The highest BCUT2D eigenvalue weighted by atomic mass is 16.3. The molecule has 94 valence electrons. The fraction of sp³-hybridized carbons (Fsp3) is 0.625. The lowest BCUT2D eigenvalue weighted by atomic mass is 9.92. The Bertz CT molecular complexity index is 358. The summed E-state index contributed by atoms with van der Waals surface area (Å²) in [6.07, 6.45) is 5.74. The molecule has 1 aromatic carbocycles. The van der Waals surface area contributed by atoms with Gasteiger partial charge in [0.25, 0.3) is 0 Å². The number of aliphatic hydroxyl groups excluding tert-OH is 1. The number of aryl methyl sites for hydroxylation is 1. The molecule has 0 aromatic heterocycles. The highest BCUT2D eigenvalue weighted by molar-refractivity contribution is 5.25. The van der Waals surface area contributed by atoms with Gasteiger partial charge in [-0.1, -0.05) is 51.0 Å². The van der Waals surface area contributed by atoms with Gasteiger partial charge in [-0.2, -0.15) is 0 Å². The normalized spacial score (nSPS) is 26.1. The molecule has 1 aliphatic carbocycles. The van der Waals surface area contributed by atoms with Crippen molar-refractivity contribution < 1.29 is 5.11 Å². The summed E-state index contributed by atoms with van der Waals surface area (Å²) in [5.74, 6) is 1.32. The van der Waals surface area contributed by atoms with E-state index in [1.165, 1.54) is 31.2 Å². The second-order valence-corrected chi connectivity index (χ2v) is 5.39. The Morgan fingerprint density at radius 2 is 2.12 bits per heavy atom. The third-order valence-electron chi connectivity index (χ3n) is 4.31. The molecule has 1 heteroatoms. The SMILES string of the molecule is CCc1cccc(C(O)C2CCC(CC)C2)c1. The predicted molar refractivity (Wildman–Crippen MR) is 71.9 cm³/mol. The largest absolute Gasteiger partial charge is 0.388 e. The van der Waals surface area contributed by atoms with E-state index in [1.807, 2.05) is 0 Å². The van der Waals surface area contributed by atoms with Crippen LogP contribution in [0.15, 0.2) is 24.3 Å². The average Bonchev–Trinajstić information content (AvgIpc) is 2.86. The number of rotatable bonds is 4. The topological polar surface area (TPSA) is 20.2 Å². The zero-order valence-corrected chi connectivity index (χ0v) is 11.0. The molecule has 0 spiro atoms. The van der Waals surface area contributed by atoms with E-state index in [0.29, 0.717) is 5.92 Å². The Labute approximate surface area is 105 Å². The standard InChI is InChI=1S/C16H24O/c1-3-12-6-5-7-14(10-12)16(17)15-9-8-13(4-2)11-15/h5-7,10,13,15-17H,3-4,8-9,11H2,1-2H3. The van der Waals surface area contributed by atoms with Crippen molar-refractivity contribution in [2.75, 3.05) is 0 Å². The molecule has 1 aliphatic rings. The van der Waals surface area contributed by atoms with Gasteiger partial charge in [0.1, 0.15) is 0 Å². The molecule has 1 nitrogen and oxygen atoms in total. The molecule has 0 bridgehead atoms. The molecule has 1 saturated carbocycles. The molecule has 0 radical (unpaired) electrons. The Morgan fingerprint density at radius 1 is 1.29 bits per heavy atom. The molecular formula is C16H24O. The van der Waals surface area contributed by atoms with Crippen LogP contribution in [0.5, 0.6) is 0 Å². The summed E-state index contributed by atoms with van der Waals surface area (Å²) in [5.41, 5.74) is 2.44. The molecule has 0 heterocycles. The lowest BCUT2D eigenvalue weighted by Gasteiger charge is -2.19. The van der Waals surface area contributed by atoms with Crippen LogP contribution in [0.4, 0.5) is 0 Å². The van der Waals surface area contributed by atoms with Crippen LogP contribution in [0, 0.1) is 11.8 Å². The van der Waals surface area contributed by atoms with Crippen LogP contribution in [0.2, 0.25) is 0 Å². The Kier molecular flexibility index (Phi) is 4.22.